The Bertz CT molecular complexity index is 1300. The van der Waals surface area contributed by atoms with Gasteiger partial charge in [-0.15, -0.1) is 0 Å². The lowest BCUT2D eigenvalue weighted by molar-refractivity contribution is 0.0244. The van der Waals surface area contributed by atoms with Gasteiger partial charge in [0, 0.05) is 32.1 Å². The molecule has 190 valence electrons. The number of carbonyl (C=O) groups is 2. The maximum absolute atomic E-state index is 13.7. The van der Waals surface area contributed by atoms with Crippen molar-refractivity contribution in [3.05, 3.63) is 76.2 Å². The van der Waals surface area contributed by atoms with Crippen LogP contribution in [0.25, 0.3) is 10.8 Å². The zero-order chi connectivity index (χ0) is 25.9. The molecule has 2 amide bonds. The number of carbonyl (C=O) groups excluding carboxylic acids is 2. The van der Waals surface area contributed by atoms with Crippen LogP contribution in [0.15, 0.2) is 59.4 Å². The van der Waals surface area contributed by atoms with Crippen LogP contribution in [0.3, 0.4) is 0 Å². The molecule has 1 fully saturated rings. The van der Waals surface area contributed by atoms with Gasteiger partial charge in [-0.2, -0.15) is 5.10 Å². The monoisotopic (exact) mass is 490 g/mol. The first-order chi connectivity index (χ1) is 17.1. The molecule has 1 saturated heterocycles. The fourth-order valence-corrected chi connectivity index (χ4v) is 4.61. The molecule has 0 N–H and O–H groups in total. The Morgan fingerprint density at radius 3 is 2.42 bits per heavy atom. The van der Waals surface area contributed by atoms with Crippen molar-refractivity contribution in [3.8, 4) is 0 Å². The molecule has 36 heavy (non-hydrogen) atoms. The summed E-state index contributed by atoms with van der Waals surface area (Å²) >= 11 is 0. The van der Waals surface area contributed by atoms with E-state index in [1.54, 1.807) is 35.0 Å². The van der Waals surface area contributed by atoms with E-state index in [0.717, 1.165) is 18.4 Å². The summed E-state index contributed by atoms with van der Waals surface area (Å²) in [6, 6.07) is 16.7. The maximum Gasteiger partial charge on any atom is 0.410 e. The molecular formula is C28H34N4O4. The fourth-order valence-electron chi connectivity index (χ4n) is 4.61. The summed E-state index contributed by atoms with van der Waals surface area (Å²) in [5.41, 5.74) is 0.433. The van der Waals surface area contributed by atoms with Gasteiger partial charge in [-0.1, -0.05) is 48.5 Å². The number of likely N-dealkylation sites (tertiary alicyclic amines) is 1. The van der Waals surface area contributed by atoms with Crippen LogP contribution in [-0.4, -0.2) is 63.9 Å². The summed E-state index contributed by atoms with van der Waals surface area (Å²) < 4.78 is 6.85. The van der Waals surface area contributed by atoms with Crippen molar-refractivity contribution >= 4 is 22.8 Å². The number of rotatable bonds is 5. The Kier molecular flexibility index (Phi) is 7.43. The number of benzene rings is 2. The number of ether oxygens (including phenoxy) is 1. The molecule has 4 rings (SSSR count). The Morgan fingerprint density at radius 2 is 1.72 bits per heavy atom. The highest BCUT2D eigenvalue weighted by Crippen LogP contribution is 2.22. The standard InChI is InChI=1S/C28H34N4O4/c1-28(2,3)36-27(35)30(4)17-21-13-10-16-31(18-21)26(34)24-22-14-8-9-15-23(22)25(33)32(29-24)19-20-11-6-5-7-12-20/h5-9,11-12,14-15,21H,10,13,16-19H2,1-4H3. The molecule has 8 heteroatoms. The van der Waals surface area contributed by atoms with E-state index in [1.165, 1.54) is 4.68 Å². The molecule has 0 spiro atoms. The molecular weight excluding hydrogens is 456 g/mol. The third-order valence-corrected chi connectivity index (χ3v) is 6.29. The average Bonchev–Trinajstić information content (AvgIpc) is 2.85. The minimum Gasteiger partial charge on any atom is -0.444 e. The zero-order valence-electron chi connectivity index (χ0n) is 21.4. The van der Waals surface area contributed by atoms with Crippen LogP contribution in [-0.2, 0) is 11.3 Å². The highest BCUT2D eigenvalue weighted by Gasteiger charge is 2.29. The number of fused-ring (bicyclic) bond motifs is 1. The number of nitrogens with zero attached hydrogens (tertiary/aromatic N) is 4. The van der Waals surface area contributed by atoms with E-state index >= 15 is 0 Å². The van der Waals surface area contributed by atoms with Crippen molar-refractivity contribution in [3.63, 3.8) is 0 Å². The van der Waals surface area contributed by atoms with Gasteiger partial charge in [-0.25, -0.2) is 9.48 Å². The molecule has 1 aliphatic rings. The molecule has 2 aromatic carbocycles. The third kappa shape index (κ3) is 5.93. The smallest absolute Gasteiger partial charge is 0.410 e. The second-order valence-electron chi connectivity index (χ2n) is 10.5. The first kappa shape index (κ1) is 25.4. The van der Waals surface area contributed by atoms with E-state index in [0.29, 0.717) is 30.4 Å². The summed E-state index contributed by atoms with van der Waals surface area (Å²) in [7, 11) is 1.73. The van der Waals surface area contributed by atoms with E-state index in [2.05, 4.69) is 5.10 Å². The molecule has 1 unspecified atom stereocenters. The van der Waals surface area contributed by atoms with Gasteiger partial charge >= 0.3 is 6.09 Å². The molecule has 3 aromatic rings. The molecule has 1 aromatic heterocycles. The molecule has 0 aliphatic carbocycles. The SMILES string of the molecule is CN(CC1CCCN(C(=O)c2nn(Cc3ccccc3)c(=O)c3ccccc23)C1)C(=O)OC(C)(C)C. The van der Waals surface area contributed by atoms with E-state index in [-0.39, 0.29) is 35.7 Å². The number of hydrogen-bond acceptors (Lipinski definition) is 5. The van der Waals surface area contributed by atoms with Crippen LogP contribution in [0.5, 0.6) is 0 Å². The van der Waals surface area contributed by atoms with Crippen LogP contribution < -0.4 is 5.56 Å². The van der Waals surface area contributed by atoms with Crippen molar-refractivity contribution < 1.29 is 14.3 Å². The summed E-state index contributed by atoms with van der Waals surface area (Å²) in [5.74, 6) is -0.0701. The summed E-state index contributed by atoms with van der Waals surface area (Å²) in [6.07, 6.45) is 1.38. The quantitative estimate of drug-likeness (QED) is 0.536. The molecule has 1 aliphatic heterocycles. The number of hydrogen-bond donors (Lipinski definition) is 0. The molecule has 0 saturated carbocycles. The highest BCUT2D eigenvalue weighted by atomic mass is 16.6. The van der Waals surface area contributed by atoms with E-state index in [1.807, 2.05) is 57.2 Å². The lowest BCUT2D eigenvalue weighted by Gasteiger charge is -2.35. The molecule has 2 heterocycles. The summed E-state index contributed by atoms with van der Waals surface area (Å²) in [5, 5.41) is 5.59. The van der Waals surface area contributed by atoms with Crippen molar-refractivity contribution in [2.75, 3.05) is 26.7 Å². The van der Waals surface area contributed by atoms with Crippen LogP contribution in [0.1, 0.15) is 49.7 Å². The van der Waals surface area contributed by atoms with Crippen LogP contribution >= 0.6 is 0 Å². The predicted octanol–water partition coefficient (Wildman–Crippen LogP) is 4.16. The largest absolute Gasteiger partial charge is 0.444 e. The van der Waals surface area contributed by atoms with Gasteiger partial charge in [0.2, 0.25) is 0 Å². The van der Waals surface area contributed by atoms with E-state index in [4.69, 9.17) is 4.74 Å². The fraction of sp³-hybridized carbons (Fsp3) is 0.429. The first-order valence-electron chi connectivity index (χ1n) is 12.4. The minimum atomic E-state index is -0.560. The van der Waals surface area contributed by atoms with E-state index in [9.17, 15) is 14.4 Å². The van der Waals surface area contributed by atoms with Gasteiger partial charge in [0.15, 0.2) is 5.69 Å². The van der Waals surface area contributed by atoms with Crippen molar-refractivity contribution in [1.29, 1.82) is 0 Å². The second kappa shape index (κ2) is 10.5. The lowest BCUT2D eigenvalue weighted by Crippen LogP contribution is -2.45. The summed E-state index contributed by atoms with van der Waals surface area (Å²) in [4.78, 5) is 42.7. The Hall–Kier alpha value is -3.68. The maximum atomic E-state index is 13.7. The van der Waals surface area contributed by atoms with E-state index < -0.39 is 5.60 Å². The van der Waals surface area contributed by atoms with Gasteiger partial charge < -0.3 is 14.5 Å². The van der Waals surface area contributed by atoms with Gasteiger partial charge in [-0.05, 0) is 51.2 Å². The van der Waals surface area contributed by atoms with Crippen LogP contribution in [0.4, 0.5) is 4.79 Å². The van der Waals surface area contributed by atoms with Crippen molar-refractivity contribution in [2.24, 2.45) is 5.92 Å². The Morgan fingerprint density at radius 1 is 1.06 bits per heavy atom. The first-order valence-corrected chi connectivity index (χ1v) is 12.4. The van der Waals surface area contributed by atoms with Crippen molar-refractivity contribution in [1.82, 2.24) is 19.6 Å². The normalized spacial score (nSPS) is 16.1. The lowest BCUT2D eigenvalue weighted by atomic mass is 9.97. The number of aromatic nitrogens is 2. The summed E-state index contributed by atoms with van der Waals surface area (Å²) in [6.45, 7) is 7.44. The minimum absolute atomic E-state index is 0.127. The highest BCUT2D eigenvalue weighted by molar-refractivity contribution is 6.04. The topological polar surface area (TPSA) is 84.7 Å². The van der Waals surface area contributed by atoms with Gasteiger partial charge in [0.1, 0.15) is 5.60 Å². The van der Waals surface area contributed by atoms with Crippen LogP contribution in [0.2, 0.25) is 0 Å². The molecule has 8 nitrogen and oxygen atoms in total. The number of piperidine rings is 1. The van der Waals surface area contributed by atoms with Crippen LogP contribution in [0, 0.1) is 5.92 Å². The molecule has 1 atom stereocenters. The van der Waals surface area contributed by atoms with Gasteiger partial charge in [0.25, 0.3) is 11.5 Å². The van der Waals surface area contributed by atoms with Gasteiger partial charge in [-0.3, -0.25) is 9.59 Å². The third-order valence-electron chi connectivity index (χ3n) is 6.29. The molecule has 0 bridgehead atoms. The Labute approximate surface area is 211 Å². The Balaban J connectivity index is 1.57. The number of amides is 2. The van der Waals surface area contributed by atoms with Crippen molar-refractivity contribution in [2.45, 2.75) is 45.8 Å². The van der Waals surface area contributed by atoms with Gasteiger partial charge in [0.05, 0.1) is 11.9 Å². The molecule has 0 radical (unpaired) electrons. The second-order valence-corrected chi connectivity index (χ2v) is 10.5. The predicted molar refractivity (Wildman–Crippen MR) is 139 cm³/mol. The average molecular weight is 491 g/mol. The zero-order valence-corrected chi connectivity index (χ0v) is 21.4.